The topological polar surface area (TPSA) is 55.8 Å². The number of hydrogen-bond acceptors (Lipinski definition) is 4. The summed E-state index contributed by atoms with van der Waals surface area (Å²) in [5.41, 5.74) is 1.42. The first-order valence-electron chi connectivity index (χ1n) is 7.06. The first-order valence-corrected chi connectivity index (χ1v) is 7.85. The van der Waals surface area contributed by atoms with E-state index in [0.717, 1.165) is 15.6 Å². The van der Waals surface area contributed by atoms with Crippen molar-refractivity contribution in [3.63, 3.8) is 0 Å². The Balaban J connectivity index is 2.32. The average Bonchev–Trinajstić information content (AvgIpc) is 2.43. The van der Waals surface area contributed by atoms with Crippen LogP contribution in [0.2, 0.25) is 0 Å². The van der Waals surface area contributed by atoms with Gasteiger partial charge in [-0.15, -0.1) is 0 Å². The fourth-order valence-electron chi connectivity index (χ4n) is 2.41. The summed E-state index contributed by atoms with van der Waals surface area (Å²) < 4.78 is 11.2. The molecule has 120 valence electrons. The highest BCUT2D eigenvalue weighted by atomic mass is 79.9. The van der Waals surface area contributed by atoms with E-state index in [4.69, 9.17) is 9.47 Å². The molecule has 0 radical (unpaired) electrons. The maximum atomic E-state index is 12.4. The summed E-state index contributed by atoms with van der Waals surface area (Å²) in [4.78, 5) is 25.9. The van der Waals surface area contributed by atoms with Crippen LogP contribution in [0.1, 0.15) is 31.9 Å². The molecule has 1 aromatic rings. The van der Waals surface area contributed by atoms with Crippen molar-refractivity contribution in [2.45, 2.75) is 45.4 Å². The molecule has 1 aliphatic heterocycles. The van der Waals surface area contributed by atoms with Crippen molar-refractivity contribution >= 4 is 28.0 Å². The van der Waals surface area contributed by atoms with E-state index in [1.165, 1.54) is 12.0 Å². The van der Waals surface area contributed by atoms with Crippen molar-refractivity contribution in [3.05, 3.63) is 33.8 Å². The minimum Gasteiger partial charge on any atom is -0.467 e. The molecule has 22 heavy (non-hydrogen) atoms. The van der Waals surface area contributed by atoms with Gasteiger partial charge < -0.3 is 9.47 Å². The number of hydrogen-bond donors (Lipinski definition) is 0. The molecule has 0 saturated carbocycles. The number of rotatable bonds is 1. The number of fused-ring (bicyclic) bond motifs is 1. The lowest BCUT2D eigenvalue weighted by Crippen LogP contribution is -2.50. The van der Waals surface area contributed by atoms with Gasteiger partial charge in [0.15, 0.2) is 0 Å². The van der Waals surface area contributed by atoms with Gasteiger partial charge in [-0.05, 0) is 44.0 Å². The third-order valence-electron chi connectivity index (χ3n) is 3.40. The lowest BCUT2D eigenvalue weighted by atomic mass is 9.94. The zero-order valence-corrected chi connectivity index (χ0v) is 14.8. The van der Waals surface area contributed by atoms with Gasteiger partial charge in [0.25, 0.3) is 0 Å². The molecule has 6 heteroatoms. The lowest BCUT2D eigenvalue weighted by Gasteiger charge is -2.36. The molecule has 0 fully saturated rings. The van der Waals surface area contributed by atoms with Crippen LogP contribution in [-0.2, 0) is 27.2 Å². The van der Waals surface area contributed by atoms with Crippen LogP contribution in [0, 0.1) is 0 Å². The number of carbonyl (C=O) groups is 2. The monoisotopic (exact) mass is 369 g/mol. The lowest BCUT2D eigenvalue weighted by molar-refractivity contribution is -0.147. The van der Waals surface area contributed by atoms with Gasteiger partial charge in [-0.1, -0.05) is 22.0 Å². The largest absolute Gasteiger partial charge is 0.467 e. The molecule has 0 unspecified atom stereocenters. The summed E-state index contributed by atoms with van der Waals surface area (Å²) in [6.45, 7) is 5.72. The van der Waals surface area contributed by atoms with Crippen LogP contribution in [0.15, 0.2) is 22.7 Å². The van der Waals surface area contributed by atoms with Crippen molar-refractivity contribution in [3.8, 4) is 0 Å². The smallest absolute Gasteiger partial charge is 0.411 e. The fourth-order valence-corrected chi connectivity index (χ4v) is 2.82. The highest BCUT2D eigenvalue weighted by Crippen LogP contribution is 2.28. The Morgan fingerprint density at radius 3 is 2.55 bits per heavy atom. The third-order valence-corrected chi connectivity index (χ3v) is 3.89. The van der Waals surface area contributed by atoms with E-state index in [-0.39, 0.29) is 0 Å². The van der Waals surface area contributed by atoms with Gasteiger partial charge in [0, 0.05) is 10.9 Å². The fraction of sp³-hybridized carbons (Fsp3) is 0.500. The molecule has 1 aliphatic rings. The highest BCUT2D eigenvalue weighted by molar-refractivity contribution is 9.10. The van der Waals surface area contributed by atoms with Gasteiger partial charge >= 0.3 is 12.1 Å². The molecule has 5 nitrogen and oxygen atoms in total. The van der Waals surface area contributed by atoms with Crippen molar-refractivity contribution in [2.24, 2.45) is 0 Å². The molecular formula is C16H20BrNO4. The molecule has 2 rings (SSSR count). The molecule has 0 spiro atoms. The van der Waals surface area contributed by atoms with E-state index in [0.29, 0.717) is 13.0 Å². The SMILES string of the molecule is COC(=O)[C@@H]1Cc2ccc(Br)cc2CN1C(=O)OC(C)(C)C. The van der Waals surface area contributed by atoms with Gasteiger partial charge in [-0.2, -0.15) is 0 Å². The van der Waals surface area contributed by atoms with E-state index in [2.05, 4.69) is 15.9 Å². The van der Waals surface area contributed by atoms with Crippen LogP contribution in [0.25, 0.3) is 0 Å². The van der Waals surface area contributed by atoms with E-state index in [1.807, 2.05) is 18.2 Å². The van der Waals surface area contributed by atoms with Gasteiger partial charge in [0.2, 0.25) is 0 Å². The maximum absolute atomic E-state index is 12.4. The minimum atomic E-state index is -0.659. The summed E-state index contributed by atoms with van der Waals surface area (Å²) in [6, 6.07) is 5.19. The summed E-state index contributed by atoms with van der Waals surface area (Å²) in [6.07, 6.45) is -0.0809. The second kappa shape index (κ2) is 6.28. The van der Waals surface area contributed by atoms with Crippen molar-refractivity contribution < 1.29 is 19.1 Å². The molecule has 1 aromatic carbocycles. The standard InChI is InChI=1S/C16H20BrNO4/c1-16(2,3)22-15(20)18-9-11-7-12(17)6-5-10(11)8-13(18)14(19)21-4/h5-7,13H,8-9H2,1-4H3/t13-/m0/s1. The Hall–Kier alpha value is -1.56. The van der Waals surface area contributed by atoms with Crippen LogP contribution in [0.5, 0.6) is 0 Å². The molecule has 1 atom stereocenters. The third kappa shape index (κ3) is 3.80. The zero-order valence-electron chi connectivity index (χ0n) is 13.2. The summed E-state index contributed by atoms with van der Waals surface area (Å²) in [5, 5.41) is 0. The van der Waals surface area contributed by atoms with Gasteiger partial charge in [-0.25, -0.2) is 9.59 Å². The average molecular weight is 370 g/mol. The summed E-state index contributed by atoms with van der Waals surface area (Å²) >= 11 is 3.43. The predicted octanol–water partition coefficient (Wildman–Crippen LogP) is 3.28. The number of methoxy groups -OCH3 is 1. The Kier molecular flexibility index (Phi) is 4.80. The Morgan fingerprint density at radius 2 is 1.95 bits per heavy atom. The molecule has 0 N–H and O–H groups in total. The summed E-state index contributed by atoms with van der Waals surface area (Å²) in [5.74, 6) is -0.431. The maximum Gasteiger partial charge on any atom is 0.411 e. The number of esters is 1. The number of benzene rings is 1. The molecule has 0 aromatic heterocycles. The zero-order chi connectivity index (χ0) is 16.5. The number of halogens is 1. The van der Waals surface area contributed by atoms with Gasteiger partial charge in [0.1, 0.15) is 11.6 Å². The van der Waals surface area contributed by atoms with Crippen LogP contribution < -0.4 is 0 Å². The van der Waals surface area contributed by atoms with E-state index < -0.39 is 23.7 Å². The Bertz CT molecular complexity index is 594. The molecule has 1 heterocycles. The van der Waals surface area contributed by atoms with Crippen molar-refractivity contribution in [1.29, 1.82) is 0 Å². The molecule has 0 aliphatic carbocycles. The quantitative estimate of drug-likeness (QED) is 0.712. The van der Waals surface area contributed by atoms with Crippen LogP contribution in [-0.4, -0.2) is 35.7 Å². The van der Waals surface area contributed by atoms with E-state index in [1.54, 1.807) is 20.8 Å². The van der Waals surface area contributed by atoms with E-state index >= 15 is 0 Å². The Labute approximate surface area is 138 Å². The summed E-state index contributed by atoms with van der Waals surface area (Å²) in [7, 11) is 1.33. The van der Waals surface area contributed by atoms with Gasteiger partial charge in [-0.3, -0.25) is 4.90 Å². The van der Waals surface area contributed by atoms with Crippen LogP contribution >= 0.6 is 15.9 Å². The van der Waals surface area contributed by atoms with Crippen LogP contribution in [0.3, 0.4) is 0 Å². The second-order valence-corrected chi connectivity index (χ2v) is 7.18. The predicted molar refractivity (Wildman–Crippen MR) is 85.4 cm³/mol. The number of carbonyl (C=O) groups excluding carboxylic acids is 2. The normalized spacial score (nSPS) is 17.7. The van der Waals surface area contributed by atoms with Crippen molar-refractivity contribution in [2.75, 3.05) is 7.11 Å². The molecule has 1 amide bonds. The highest BCUT2D eigenvalue weighted by Gasteiger charge is 2.37. The second-order valence-electron chi connectivity index (χ2n) is 6.26. The first-order chi connectivity index (χ1) is 10.2. The van der Waals surface area contributed by atoms with Crippen LogP contribution in [0.4, 0.5) is 4.79 Å². The number of ether oxygens (including phenoxy) is 2. The molecular weight excluding hydrogens is 350 g/mol. The minimum absolute atomic E-state index is 0.323. The molecule has 0 saturated heterocycles. The Morgan fingerprint density at radius 1 is 1.27 bits per heavy atom. The van der Waals surface area contributed by atoms with E-state index in [9.17, 15) is 9.59 Å². The number of nitrogens with zero attached hydrogens (tertiary/aromatic N) is 1. The first kappa shape index (κ1) is 16.8. The number of amides is 1. The molecule has 0 bridgehead atoms. The van der Waals surface area contributed by atoms with Crippen molar-refractivity contribution in [1.82, 2.24) is 4.90 Å². The van der Waals surface area contributed by atoms with Gasteiger partial charge in [0.05, 0.1) is 13.7 Å².